The number of rotatable bonds is 5. The molecule has 58 valence electrons. The van der Waals surface area contributed by atoms with E-state index in [1.54, 1.807) is 0 Å². The molecular formula is C10H18. The fraction of sp³-hybridized carbons (Fsp3) is 0.600. The van der Waals surface area contributed by atoms with Gasteiger partial charge in [-0.3, -0.25) is 0 Å². The topological polar surface area (TPSA) is 0 Å². The van der Waals surface area contributed by atoms with E-state index in [2.05, 4.69) is 27.0 Å². The van der Waals surface area contributed by atoms with E-state index in [1.807, 2.05) is 12.2 Å². The zero-order chi connectivity index (χ0) is 7.98. The highest BCUT2D eigenvalue weighted by Crippen LogP contribution is 2.20. The lowest BCUT2D eigenvalue weighted by Crippen LogP contribution is -2.07. The van der Waals surface area contributed by atoms with Gasteiger partial charge >= 0.3 is 0 Å². The highest BCUT2D eigenvalue weighted by molar-refractivity contribution is 4.95. The Labute approximate surface area is 64.6 Å². The second kappa shape index (κ2) is 5.28. The lowest BCUT2D eigenvalue weighted by Gasteiger charge is -2.17. The Hall–Kier alpha value is -0.520. The normalized spacial score (nSPS) is 10.4. The summed E-state index contributed by atoms with van der Waals surface area (Å²) in [6, 6.07) is 0. The van der Waals surface area contributed by atoms with Crippen LogP contribution in [0.4, 0.5) is 0 Å². The first-order valence-electron chi connectivity index (χ1n) is 4.05. The van der Waals surface area contributed by atoms with Gasteiger partial charge in [0.25, 0.3) is 0 Å². The third kappa shape index (κ3) is 2.38. The summed E-state index contributed by atoms with van der Waals surface area (Å²) in [7, 11) is 0. The highest BCUT2D eigenvalue weighted by atomic mass is 14.1. The van der Waals surface area contributed by atoms with Crippen molar-refractivity contribution in [2.24, 2.45) is 11.8 Å². The van der Waals surface area contributed by atoms with E-state index in [9.17, 15) is 0 Å². The first kappa shape index (κ1) is 9.48. The van der Waals surface area contributed by atoms with Crippen molar-refractivity contribution in [3.63, 3.8) is 0 Å². The van der Waals surface area contributed by atoms with Gasteiger partial charge in [0.15, 0.2) is 0 Å². The maximum atomic E-state index is 3.78. The van der Waals surface area contributed by atoms with Crippen molar-refractivity contribution in [3.8, 4) is 0 Å². The Morgan fingerprint density at radius 2 is 1.50 bits per heavy atom. The maximum absolute atomic E-state index is 3.78. The molecule has 0 nitrogen and oxygen atoms in total. The fourth-order valence-corrected chi connectivity index (χ4v) is 1.31. The molecule has 0 spiro atoms. The molecule has 0 N–H and O–H groups in total. The molecule has 0 bridgehead atoms. The first-order chi connectivity index (χ1) is 4.79. The van der Waals surface area contributed by atoms with Crippen LogP contribution in [0, 0.1) is 11.8 Å². The van der Waals surface area contributed by atoms with Crippen molar-refractivity contribution < 1.29 is 0 Å². The van der Waals surface area contributed by atoms with Gasteiger partial charge in [0.1, 0.15) is 0 Å². The van der Waals surface area contributed by atoms with E-state index in [-0.39, 0.29) is 0 Å². The predicted octanol–water partition coefficient (Wildman–Crippen LogP) is 3.41. The summed E-state index contributed by atoms with van der Waals surface area (Å²) >= 11 is 0. The van der Waals surface area contributed by atoms with Gasteiger partial charge in [0.05, 0.1) is 0 Å². The Morgan fingerprint density at radius 3 is 1.60 bits per heavy atom. The van der Waals surface area contributed by atoms with E-state index in [0.29, 0.717) is 5.92 Å². The summed E-state index contributed by atoms with van der Waals surface area (Å²) < 4.78 is 0. The molecule has 0 heterocycles. The van der Waals surface area contributed by atoms with Crippen molar-refractivity contribution >= 4 is 0 Å². The Morgan fingerprint density at radius 1 is 1.10 bits per heavy atom. The molecule has 0 saturated carbocycles. The van der Waals surface area contributed by atoms with Crippen LogP contribution in [0.1, 0.15) is 26.7 Å². The van der Waals surface area contributed by atoms with Crippen molar-refractivity contribution in [2.45, 2.75) is 26.7 Å². The maximum Gasteiger partial charge on any atom is -0.00307 e. The van der Waals surface area contributed by atoms with Crippen LogP contribution in [0.15, 0.2) is 25.3 Å². The van der Waals surface area contributed by atoms with Gasteiger partial charge in [0.2, 0.25) is 0 Å². The quantitative estimate of drug-likeness (QED) is 0.511. The summed E-state index contributed by atoms with van der Waals surface area (Å²) in [5.41, 5.74) is 0. The lowest BCUT2D eigenvalue weighted by molar-refractivity contribution is 0.426. The Balaban J connectivity index is 3.93. The average molecular weight is 138 g/mol. The molecule has 0 radical (unpaired) electrons. The molecule has 0 aromatic carbocycles. The molecule has 0 aromatic rings. The van der Waals surface area contributed by atoms with Crippen LogP contribution in [0.3, 0.4) is 0 Å². The monoisotopic (exact) mass is 138 g/mol. The lowest BCUT2D eigenvalue weighted by atomic mass is 9.88. The molecule has 0 unspecified atom stereocenters. The summed E-state index contributed by atoms with van der Waals surface area (Å²) in [4.78, 5) is 0. The van der Waals surface area contributed by atoms with Crippen LogP contribution in [0.25, 0.3) is 0 Å². The molecule has 0 aliphatic carbocycles. The van der Waals surface area contributed by atoms with Gasteiger partial charge in [0, 0.05) is 0 Å². The van der Waals surface area contributed by atoms with Crippen molar-refractivity contribution in [1.82, 2.24) is 0 Å². The predicted molar refractivity (Wildman–Crippen MR) is 48.0 cm³/mol. The van der Waals surface area contributed by atoms with E-state index >= 15 is 0 Å². The minimum absolute atomic E-state index is 0.509. The van der Waals surface area contributed by atoms with E-state index in [4.69, 9.17) is 0 Å². The van der Waals surface area contributed by atoms with Crippen molar-refractivity contribution in [2.75, 3.05) is 0 Å². The minimum Gasteiger partial charge on any atom is -0.102 e. The van der Waals surface area contributed by atoms with Crippen LogP contribution >= 0.6 is 0 Å². The van der Waals surface area contributed by atoms with Gasteiger partial charge < -0.3 is 0 Å². The Bertz CT molecular complexity index is 90.6. The summed E-state index contributed by atoms with van der Waals surface area (Å²) in [5, 5.41) is 0. The van der Waals surface area contributed by atoms with Crippen LogP contribution in [-0.2, 0) is 0 Å². The number of hydrogen-bond donors (Lipinski definition) is 0. The third-order valence-corrected chi connectivity index (χ3v) is 2.14. The molecule has 0 aromatic heterocycles. The molecule has 0 aliphatic rings. The van der Waals surface area contributed by atoms with Gasteiger partial charge in [-0.2, -0.15) is 0 Å². The SMILES string of the molecule is C=CC(C=C)C(CC)CC. The van der Waals surface area contributed by atoms with Crippen LogP contribution in [0.2, 0.25) is 0 Å². The minimum atomic E-state index is 0.509. The third-order valence-electron chi connectivity index (χ3n) is 2.14. The van der Waals surface area contributed by atoms with E-state index in [0.717, 1.165) is 5.92 Å². The molecule has 0 fully saturated rings. The second-order valence-corrected chi connectivity index (χ2v) is 2.63. The number of hydrogen-bond acceptors (Lipinski definition) is 0. The Kier molecular flexibility index (Phi) is 5.00. The fourth-order valence-electron chi connectivity index (χ4n) is 1.31. The first-order valence-corrected chi connectivity index (χ1v) is 4.05. The zero-order valence-corrected chi connectivity index (χ0v) is 7.14. The van der Waals surface area contributed by atoms with E-state index < -0.39 is 0 Å². The molecular weight excluding hydrogens is 120 g/mol. The highest BCUT2D eigenvalue weighted by Gasteiger charge is 2.10. The smallest absolute Gasteiger partial charge is 0.00307 e. The van der Waals surface area contributed by atoms with Crippen LogP contribution in [-0.4, -0.2) is 0 Å². The molecule has 0 aliphatic heterocycles. The summed E-state index contributed by atoms with van der Waals surface area (Å²) in [6.07, 6.45) is 6.42. The largest absolute Gasteiger partial charge is 0.102 e. The summed E-state index contributed by atoms with van der Waals surface area (Å²) in [5.74, 6) is 1.25. The van der Waals surface area contributed by atoms with E-state index in [1.165, 1.54) is 12.8 Å². The average Bonchev–Trinajstić information content (AvgIpc) is 2.00. The molecule has 0 saturated heterocycles. The second-order valence-electron chi connectivity index (χ2n) is 2.63. The molecule has 10 heavy (non-hydrogen) atoms. The van der Waals surface area contributed by atoms with Crippen molar-refractivity contribution in [3.05, 3.63) is 25.3 Å². The zero-order valence-electron chi connectivity index (χ0n) is 7.14. The van der Waals surface area contributed by atoms with Gasteiger partial charge in [-0.1, -0.05) is 38.8 Å². The van der Waals surface area contributed by atoms with Crippen LogP contribution in [0.5, 0.6) is 0 Å². The van der Waals surface area contributed by atoms with Crippen LogP contribution < -0.4 is 0 Å². The van der Waals surface area contributed by atoms with Gasteiger partial charge in [-0.25, -0.2) is 0 Å². The summed E-state index contributed by atoms with van der Waals surface area (Å²) in [6.45, 7) is 12.0. The molecule has 0 rings (SSSR count). The van der Waals surface area contributed by atoms with Crippen molar-refractivity contribution in [1.29, 1.82) is 0 Å². The molecule has 0 amide bonds. The molecule has 0 atom stereocenters. The van der Waals surface area contributed by atoms with Gasteiger partial charge in [-0.15, -0.1) is 13.2 Å². The standard InChI is InChI=1S/C10H18/c1-5-9(6-2)10(7-3)8-4/h5-6,9-10H,1-2,7-8H2,3-4H3. The number of allylic oxidation sites excluding steroid dienone is 2. The molecule has 0 heteroatoms. The van der Waals surface area contributed by atoms with Gasteiger partial charge in [-0.05, 0) is 11.8 Å².